The minimum absolute atomic E-state index is 0.169. The minimum Gasteiger partial charge on any atom is -0.468 e. The van der Waals surface area contributed by atoms with Crippen molar-refractivity contribution in [1.29, 1.82) is 0 Å². The van der Waals surface area contributed by atoms with Crippen molar-refractivity contribution in [3.8, 4) is 0 Å². The van der Waals surface area contributed by atoms with Gasteiger partial charge in [-0.1, -0.05) is 0 Å². The third kappa shape index (κ3) is 3.81. The maximum absolute atomic E-state index is 11.6. The second kappa shape index (κ2) is 6.48. The number of rotatable bonds is 5. The van der Waals surface area contributed by atoms with Gasteiger partial charge in [-0.3, -0.25) is 9.59 Å². The Balaban J connectivity index is 2.14. The van der Waals surface area contributed by atoms with E-state index in [1.807, 2.05) is 4.90 Å². The van der Waals surface area contributed by atoms with Crippen LogP contribution in [0.1, 0.15) is 26.2 Å². The van der Waals surface area contributed by atoms with E-state index < -0.39 is 0 Å². The Morgan fingerprint density at radius 2 is 2.00 bits per heavy atom. The fourth-order valence-corrected chi connectivity index (χ4v) is 1.78. The Hall–Kier alpha value is -1.10. The molecule has 0 bridgehead atoms. The fraction of sp³-hybridized carbons (Fsp3) is 0.818. The SMILES string of the molecule is COC(=O)C(C)NCCC(=O)N1CCCC1. The van der Waals surface area contributed by atoms with E-state index in [0.717, 1.165) is 25.9 Å². The first-order chi connectivity index (χ1) is 7.65. The van der Waals surface area contributed by atoms with Crippen LogP contribution in [0.2, 0.25) is 0 Å². The van der Waals surface area contributed by atoms with Crippen LogP contribution in [-0.2, 0) is 14.3 Å². The first-order valence-corrected chi connectivity index (χ1v) is 5.74. The van der Waals surface area contributed by atoms with Crippen molar-refractivity contribution in [3.05, 3.63) is 0 Å². The van der Waals surface area contributed by atoms with Crippen LogP contribution in [0.5, 0.6) is 0 Å². The van der Waals surface area contributed by atoms with Crippen LogP contribution in [0.25, 0.3) is 0 Å². The smallest absolute Gasteiger partial charge is 0.322 e. The van der Waals surface area contributed by atoms with Gasteiger partial charge in [0.2, 0.25) is 5.91 Å². The molecule has 1 atom stereocenters. The number of carbonyl (C=O) groups is 2. The fourth-order valence-electron chi connectivity index (χ4n) is 1.78. The van der Waals surface area contributed by atoms with E-state index in [0.29, 0.717) is 13.0 Å². The molecule has 5 heteroatoms. The van der Waals surface area contributed by atoms with Crippen molar-refractivity contribution in [2.24, 2.45) is 0 Å². The van der Waals surface area contributed by atoms with Crippen molar-refractivity contribution in [1.82, 2.24) is 10.2 Å². The number of methoxy groups -OCH3 is 1. The Morgan fingerprint density at radius 3 is 2.56 bits per heavy atom. The number of ether oxygens (including phenoxy) is 1. The largest absolute Gasteiger partial charge is 0.468 e. The standard InChI is InChI=1S/C11H20N2O3/c1-9(11(15)16-2)12-6-5-10(14)13-7-3-4-8-13/h9,12H,3-8H2,1-2H3. The molecule has 16 heavy (non-hydrogen) atoms. The molecule has 1 fully saturated rings. The van der Waals surface area contributed by atoms with Crippen LogP contribution in [0.3, 0.4) is 0 Å². The highest BCUT2D eigenvalue weighted by atomic mass is 16.5. The van der Waals surface area contributed by atoms with Gasteiger partial charge in [0.25, 0.3) is 0 Å². The summed E-state index contributed by atoms with van der Waals surface area (Å²) in [5.41, 5.74) is 0. The Labute approximate surface area is 96.1 Å². The lowest BCUT2D eigenvalue weighted by atomic mass is 10.3. The number of nitrogens with zero attached hydrogens (tertiary/aromatic N) is 1. The molecule has 1 amide bonds. The molecule has 1 saturated heterocycles. The number of amides is 1. The van der Waals surface area contributed by atoms with Gasteiger partial charge in [0.1, 0.15) is 6.04 Å². The highest BCUT2D eigenvalue weighted by Gasteiger charge is 2.18. The summed E-state index contributed by atoms with van der Waals surface area (Å²) in [6.45, 7) is 4.01. The second-order valence-corrected chi connectivity index (χ2v) is 4.04. The normalized spacial score (nSPS) is 17.2. The zero-order chi connectivity index (χ0) is 12.0. The van der Waals surface area contributed by atoms with Gasteiger partial charge in [-0.05, 0) is 19.8 Å². The molecule has 0 aliphatic carbocycles. The summed E-state index contributed by atoms with van der Waals surface area (Å²) in [5.74, 6) is -0.129. The van der Waals surface area contributed by atoms with E-state index in [4.69, 9.17) is 0 Å². The van der Waals surface area contributed by atoms with E-state index in [1.54, 1.807) is 6.92 Å². The van der Waals surface area contributed by atoms with Crippen molar-refractivity contribution < 1.29 is 14.3 Å². The Bertz CT molecular complexity index is 250. The van der Waals surface area contributed by atoms with E-state index >= 15 is 0 Å². The number of carbonyl (C=O) groups excluding carboxylic acids is 2. The van der Waals surface area contributed by atoms with E-state index in [9.17, 15) is 9.59 Å². The van der Waals surface area contributed by atoms with E-state index in [1.165, 1.54) is 7.11 Å². The van der Waals surface area contributed by atoms with Gasteiger partial charge in [-0.2, -0.15) is 0 Å². The molecule has 0 spiro atoms. The van der Waals surface area contributed by atoms with Gasteiger partial charge in [-0.15, -0.1) is 0 Å². The van der Waals surface area contributed by atoms with Crippen molar-refractivity contribution in [3.63, 3.8) is 0 Å². The van der Waals surface area contributed by atoms with Crippen molar-refractivity contribution >= 4 is 11.9 Å². The molecular weight excluding hydrogens is 208 g/mol. The van der Waals surface area contributed by atoms with Gasteiger partial charge in [-0.25, -0.2) is 0 Å². The highest BCUT2D eigenvalue weighted by Crippen LogP contribution is 2.08. The predicted octanol–water partition coefficient (Wildman–Crippen LogP) is 0.150. The quantitative estimate of drug-likeness (QED) is 0.680. The second-order valence-electron chi connectivity index (χ2n) is 4.04. The Kier molecular flexibility index (Phi) is 5.25. The number of hydrogen-bond donors (Lipinski definition) is 1. The topological polar surface area (TPSA) is 58.6 Å². The lowest BCUT2D eigenvalue weighted by Crippen LogP contribution is -2.38. The molecule has 0 aromatic carbocycles. The minimum atomic E-state index is -0.351. The first-order valence-electron chi connectivity index (χ1n) is 5.74. The van der Waals surface area contributed by atoms with E-state index in [-0.39, 0.29) is 17.9 Å². The maximum atomic E-state index is 11.6. The summed E-state index contributed by atoms with van der Waals surface area (Å²) in [4.78, 5) is 24.6. The number of likely N-dealkylation sites (tertiary alicyclic amines) is 1. The summed E-state index contributed by atoms with van der Waals surface area (Å²) in [7, 11) is 1.36. The van der Waals surface area contributed by atoms with Gasteiger partial charge in [0.15, 0.2) is 0 Å². The lowest BCUT2D eigenvalue weighted by molar-refractivity contribution is -0.142. The molecule has 0 radical (unpaired) electrons. The molecule has 1 aliphatic rings. The highest BCUT2D eigenvalue weighted by molar-refractivity contribution is 5.77. The third-order valence-corrected chi connectivity index (χ3v) is 2.80. The van der Waals surface area contributed by atoms with Gasteiger partial charge < -0.3 is 15.0 Å². The van der Waals surface area contributed by atoms with Crippen molar-refractivity contribution in [2.45, 2.75) is 32.2 Å². The predicted molar refractivity (Wildman–Crippen MR) is 59.9 cm³/mol. The molecule has 0 saturated carbocycles. The number of nitrogens with one attached hydrogen (secondary N) is 1. The molecule has 1 unspecified atom stereocenters. The van der Waals surface area contributed by atoms with E-state index in [2.05, 4.69) is 10.1 Å². The molecular formula is C11H20N2O3. The zero-order valence-electron chi connectivity index (χ0n) is 9.99. The lowest BCUT2D eigenvalue weighted by Gasteiger charge is -2.16. The van der Waals surface area contributed by atoms with Crippen LogP contribution in [0, 0.1) is 0 Å². The molecule has 5 nitrogen and oxygen atoms in total. The Morgan fingerprint density at radius 1 is 1.38 bits per heavy atom. The van der Waals surface area contributed by atoms with Gasteiger partial charge in [0.05, 0.1) is 7.11 Å². The van der Waals surface area contributed by atoms with Crippen LogP contribution in [0.15, 0.2) is 0 Å². The average molecular weight is 228 g/mol. The number of esters is 1. The zero-order valence-corrected chi connectivity index (χ0v) is 9.99. The van der Waals surface area contributed by atoms with Crippen LogP contribution < -0.4 is 5.32 Å². The molecule has 1 heterocycles. The van der Waals surface area contributed by atoms with Crippen LogP contribution in [-0.4, -0.2) is 49.6 Å². The third-order valence-electron chi connectivity index (χ3n) is 2.80. The summed E-state index contributed by atoms with van der Waals surface area (Å²) in [5, 5.41) is 2.97. The first kappa shape index (κ1) is 13.0. The summed E-state index contributed by atoms with van der Waals surface area (Å²) >= 11 is 0. The van der Waals surface area contributed by atoms with Crippen molar-refractivity contribution in [2.75, 3.05) is 26.7 Å². The summed E-state index contributed by atoms with van der Waals surface area (Å²) in [6, 6.07) is -0.351. The monoisotopic (exact) mass is 228 g/mol. The number of hydrogen-bond acceptors (Lipinski definition) is 4. The molecule has 0 aromatic rings. The van der Waals surface area contributed by atoms with Gasteiger partial charge >= 0.3 is 5.97 Å². The average Bonchev–Trinajstić information content (AvgIpc) is 2.81. The summed E-state index contributed by atoms with van der Waals surface area (Å²) in [6.07, 6.45) is 2.66. The molecule has 0 aromatic heterocycles. The van der Waals surface area contributed by atoms with Gasteiger partial charge in [0, 0.05) is 26.1 Å². The summed E-state index contributed by atoms with van der Waals surface area (Å²) < 4.78 is 4.57. The molecule has 92 valence electrons. The molecule has 1 rings (SSSR count). The molecule has 1 N–H and O–H groups in total. The maximum Gasteiger partial charge on any atom is 0.322 e. The molecule has 1 aliphatic heterocycles. The van der Waals surface area contributed by atoms with Crippen LogP contribution in [0.4, 0.5) is 0 Å². The van der Waals surface area contributed by atoms with Crippen LogP contribution >= 0.6 is 0 Å².